The van der Waals surface area contributed by atoms with Gasteiger partial charge in [0, 0.05) is 32.6 Å². The van der Waals surface area contributed by atoms with Gasteiger partial charge in [0.15, 0.2) is 17.7 Å². The molecule has 1 aliphatic rings. The number of likely N-dealkylation sites (N-methyl/N-ethyl adjacent to an activating group) is 1. The Balaban J connectivity index is 1.51. The number of nitrogen functional groups attached to an aromatic ring is 1. The highest BCUT2D eigenvalue weighted by Gasteiger charge is 2.44. The summed E-state index contributed by atoms with van der Waals surface area (Å²) in [6.07, 6.45) is 0.637. The lowest BCUT2D eigenvalue weighted by Gasteiger charge is -2.23. The largest absolute Gasteiger partial charge is 0.480 e. The minimum Gasteiger partial charge on any atom is -0.480 e. The number of carbonyl (C=O) groups excluding carboxylic acids is 1. The van der Waals surface area contributed by atoms with Gasteiger partial charge in [-0.3, -0.25) is 14.2 Å². The number of aliphatic carboxylic acids is 1. The fraction of sp³-hybridized carbons (Fsp3) is 0.708. The van der Waals surface area contributed by atoms with Crippen molar-refractivity contribution in [2.45, 2.75) is 62.7 Å². The molecule has 1 aliphatic heterocycles. The van der Waals surface area contributed by atoms with Crippen LogP contribution in [-0.2, 0) is 24.3 Å². The number of aliphatic hydroxyl groups excluding tert-OH is 2. The molecule has 18 nitrogen and oxygen atoms in total. The lowest BCUT2D eigenvalue weighted by molar-refractivity contribution is -0.138. The Labute approximate surface area is 249 Å². The lowest BCUT2D eigenvalue weighted by Crippen LogP contribution is -2.40. The highest BCUT2D eigenvalue weighted by molar-refractivity contribution is 7.88. The third-order valence-electron chi connectivity index (χ3n) is 6.87. The number of nitrogens with one attached hydrogen (secondary N) is 3. The molecule has 1 saturated heterocycles. The minimum atomic E-state index is -3.21. The molecule has 242 valence electrons. The van der Waals surface area contributed by atoms with E-state index in [4.69, 9.17) is 21.3 Å². The van der Waals surface area contributed by atoms with Crippen molar-refractivity contribution in [3.05, 3.63) is 6.33 Å². The predicted octanol–water partition coefficient (Wildman–Crippen LogP) is -2.60. The van der Waals surface area contributed by atoms with Crippen LogP contribution in [0.2, 0.25) is 0 Å². The monoisotopic (exact) mass is 630 g/mol. The van der Waals surface area contributed by atoms with Crippen molar-refractivity contribution in [2.75, 3.05) is 57.1 Å². The molecular formula is C24H42N10O8S. The number of carboxylic acids is 1. The number of fused-ring (bicyclic) bond motifs is 1. The number of ether oxygens (including phenoxy) is 1. The molecule has 10 N–H and O–H groups in total. The standard InChI is InChI=1S/C24H42N10O8S/c1-33(11-7-14(25)23(38)39)12-15-18(36)19(37)22(42-15)34-13-29-17-20(26)31-24(32-21(17)34)28-10-9-27-16(35)6-4-3-5-8-30-43(2,40)41/h13-15,18-19,22,30,36-37H,3-12,25H2,1-2H3,(H,27,35)(H,38,39)(H3,26,28,31,32)/t14-,15+,18+,19+,22?/m0/s1. The topological polar surface area (TPSA) is 273 Å². The summed E-state index contributed by atoms with van der Waals surface area (Å²) in [4.78, 5) is 37.7. The van der Waals surface area contributed by atoms with Gasteiger partial charge in [-0.1, -0.05) is 6.42 Å². The smallest absolute Gasteiger partial charge is 0.320 e. The molecule has 3 rings (SSSR count). The van der Waals surface area contributed by atoms with Crippen molar-refractivity contribution in [3.8, 4) is 0 Å². The first-order valence-corrected chi connectivity index (χ1v) is 15.8. The van der Waals surface area contributed by atoms with E-state index < -0.39 is 46.6 Å². The second kappa shape index (κ2) is 15.5. The van der Waals surface area contributed by atoms with E-state index in [9.17, 15) is 28.2 Å². The fourth-order valence-electron chi connectivity index (χ4n) is 4.50. The van der Waals surface area contributed by atoms with Gasteiger partial charge in [-0.05, 0) is 32.9 Å². The van der Waals surface area contributed by atoms with Crippen LogP contribution in [0.1, 0.15) is 38.3 Å². The average molecular weight is 631 g/mol. The molecule has 0 bridgehead atoms. The Hall–Kier alpha value is -3.20. The van der Waals surface area contributed by atoms with Gasteiger partial charge in [0.25, 0.3) is 0 Å². The number of imidazole rings is 1. The second-order valence-electron chi connectivity index (χ2n) is 10.6. The van der Waals surface area contributed by atoms with E-state index in [0.717, 1.165) is 6.26 Å². The van der Waals surface area contributed by atoms with Crippen molar-refractivity contribution in [2.24, 2.45) is 5.73 Å². The van der Waals surface area contributed by atoms with Crippen LogP contribution in [-0.4, -0.2) is 130 Å². The molecule has 0 radical (unpaired) electrons. The predicted molar refractivity (Wildman–Crippen MR) is 156 cm³/mol. The first-order chi connectivity index (χ1) is 20.3. The van der Waals surface area contributed by atoms with Gasteiger partial charge >= 0.3 is 5.97 Å². The number of sulfonamides is 1. The quantitative estimate of drug-likeness (QED) is 0.0784. The van der Waals surface area contributed by atoms with E-state index in [2.05, 4.69) is 30.3 Å². The number of anilines is 2. The van der Waals surface area contributed by atoms with E-state index in [1.807, 2.05) is 0 Å². The van der Waals surface area contributed by atoms with E-state index in [1.54, 1.807) is 11.9 Å². The van der Waals surface area contributed by atoms with Crippen LogP contribution in [0.5, 0.6) is 0 Å². The maximum atomic E-state index is 12.1. The van der Waals surface area contributed by atoms with Gasteiger partial charge in [-0.2, -0.15) is 9.97 Å². The number of aliphatic hydroxyl groups is 2. The molecule has 0 spiro atoms. The van der Waals surface area contributed by atoms with E-state index in [-0.39, 0.29) is 48.3 Å². The Kier molecular flexibility index (Phi) is 12.4. The molecule has 2 aromatic heterocycles. The molecule has 2 aromatic rings. The number of rotatable bonds is 18. The molecule has 3 heterocycles. The summed E-state index contributed by atoms with van der Waals surface area (Å²) in [7, 11) is -1.48. The van der Waals surface area contributed by atoms with Crippen LogP contribution in [0.25, 0.3) is 11.2 Å². The van der Waals surface area contributed by atoms with E-state index in [0.29, 0.717) is 45.3 Å². The first-order valence-electron chi connectivity index (χ1n) is 13.9. The number of hydrogen-bond acceptors (Lipinski definition) is 14. The average Bonchev–Trinajstić information content (AvgIpc) is 3.47. The van der Waals surface area contributed by atoms with Crippen LogP contribution >= 0.6 is 0 Å². The molecule has 19 heteroatoms. The zero-order chi connectivity index (χ0) is 31.7. The third kappa shape index (κ3) is 10.2. The molecule has 0 aromatic carbocycles. The van der Waals surface area contributed by atoms with Gasteiger partial charge < -0.3 is 47.1 Å². The number of nitrogens with zero attached hydrogens (tertiary/aromatic N) is 5. The van der Waals surface area contributed by atoms with Crippen LogP contribution in [0.15, 0.2) is 6.33 Å². The van der Waals surface area contributed by atoms with Crippen LogP contribution in [0.4, 0.5) is 11.8 Å². The number of carbonyl (C=O) groups is 2. The number of aromatic nitrogens is 4. The summed E-state index contributed by atoms with van der Waals surface area (Å²) in [5.41, 5.74) is 12.2. The Morgan fingerprint density at radius 1 is 1.16 bits per heavy atom. The zero-order valence-electron chi connectivity index (χ0n) is 24.2. The Morgan fingerprint density at radius 3 is 2.60 bits per heavy atom. The number of carboxylic acid groups (broad SMARTS) is 1. The zero-order valence-corrected chi connectivity index (χ0v) is 25.0. The van der Waals surface area contributed by atoms with Crippen molar-refractivity contribution < 1.29 is 38.1 Å². The van der Waals surface area contributed by atoms with Crippen molar-refractivity contribution >= 4 is 44.8 Å². The summed E-state index contributed by atoms with van der Waals surface area (Å²) >= 11 is 0. The first kappa shape index (κ1) is 34.3. The number of unbranched alkanes of at least 4 members (excludes halogenated alkanes) is 2. The normalized spacial score (nSPS) is 21.3. The van der Waals surface area contributed by atoms with Crippen molar-refractivity contribution in [3.63, 3.8) is 0 Å². The number of hydrogen-bond donors (Lipinski definition) is 8. The Bertz CT molecular complexity index is 1340. The van der Waals surface area contributed by atoms with Gasteiger partial charge in [0.1, 0.15) is 29.9 Å². The maximum Gasteiger partial charge on any atom is 0.320 e. The van der Waals surface area contributed by atoms with Crippen LogP contribution in [0.3, 0.4) is 0 Å². The van der Waals surface area contributed by atoms with Gasteiger partial charge in [-0.25, -0.2) is 18.1 Å². The van der Waals surface area contributed by atoms with Crippen LogP contribution in [0, 0.1) is 0 Å². The molecule has 1 amide bonds. The van der Waals surface area contributed by atoms with Gasteiger partial charge in [-0.15, -0.1) is 0 Å². The highest BCUT2D eigenvalue weighted by atomic mass is 32.2. The van der Waals surface area contributed by atoms with Gasteiger partial charge in [0.05, 0.1) is 12.6 Å². The molecule has 43 heavy (non-hydrogen) atoms. The van der Waals surface area contributed by atoms with Crippen molar-refractivity contribution in [1.82, 2.24) is 34.5 Å². The van der Waals surface area contributed by atoms with Gasteiger partial charge in [0.2, 0.25) is 21.9 Å². The van der Waals surface area contributed by atoms with Crippen molar-refractivity contribution in [1.29, 1.82) is 0 Å². The molecule has 0 aliphatic carbocycles. The summed E-state index contributed by atoms with van der Waals surface area (Å²) in [5.74, 6) is -0.987. The SMILES string of the molecule is CN(CC[C@H](N)C(=O)O)C[C@H]1OC(n2cnc3c(N)nc(NCCNC(=O)CCCCCNS(C)(=O)=O)nc32)[C@H](O)[C@@H]1O. The minimum absolute atomic E-state index is 0.0831. The molecule has 1 fully saturated rings. The molecular weight excluding hydrogens is 588 g/mol. The number of nitrogens with two attached hydrogens (primary N) is 2. The number of amides is 1. The molecule has 5 atom stereocenters. The fourth-order valence-corrected chi connectivity index (χ4v) is 5.02. The summed E-state index contributed by atoms with van der Waals surface area (Å²) in [5, 5.41) is 36.2. The maximum absolute atomic E-state index is 12.1. The summed E-state index contributed by atoms with van der Waals surface area (Å²) in [6, 6.07) is -1.01. The van der Waals surface area contributed by atoms with E-state index in [1.165, 1.54) is 10.9 Å². The van der Waals surface area contributed by atoms with Crippen LogP contribution < -0.4 is 26.8 Å². The molecule has 1 unspecified atom stereocenters. The second-order valence-corrected chi connectivity index (χ2v) is 12.4. The van der Waals surface area contributed by atoms with E-state index >= 15 is 0 Å². The molecule has 0 saturated carbocycles. The summed E-state index contributed by atoms with van der Waals surface area (Å²) < 4.78 is 31.9. The third-order valence-corrected chi connectivity index (χ3v) is 7.59. The summed E-state index contributed by atoms with van der Waals surface area (Å²) in [6.45, 7) is 1.48. The lowest BCUT2D eigenvalue weighted by atomic mass is 10.1. The Morgan fingerprint density at radius 2 is 1.91 bits per heavy atom. The highest BCUT2D eigenvalue weighted by Crippen LogP contribution is 2.32.